The normalized spacial score (nSPS) is 17.7. The van der Waals surface area contributed by atoms with Gasteiger partial charge in [0.05, 0.1) is 0 Å². The molecule has 3 N–H and O–H groups in total. The molecule has 192 valence electrons. The molecule has 1 aliphatic carbocycles. The highest BCUT2D eigenvalue weighted by atomic mass is 19.4. The molecule has 3 heterocycles. The van der Waals surface area contributed by atoms with Gasteiger partial charge in [0.2, 0.25) is 17.7 Å². The molecule has 1 aliphatic heterocycles. The second-order valence-corrected chi connectivity index (χ2v) is 9.32. The summed E-state index contributed by atoms with van der Waals surface area (Å²) in [5.41, 5.74) is -0.359. The van der Waals surface area contributed by atoms with Crippen LogP contribution in [0, 0.1) is 12.8 Å². The number of amides is 1. The number of alkyl halides is 3. The number of nitrogens with one attached hydrogen (secondary N) is 3. The Labute approximate surface area is 202 Å². The number of aryl methyl sites for hydroxylation is 1. The standard InChI is InChI=1S/C23H32F3N7O2/c1-14-20(35-21(30-14)16-7-11-33(2)12-8-16)32-22-29-13-17(23(24,25)26)18(31-22)27-9-4-10-28-19(34)15-5-3-6-15/h13,15-16H,3-12H2,1-2H3,(H,28,34)(H2,27,29,31,32). The van der Waals surface area contributed by atoms with E-state index in [0.29, 0.717) is 30.4 Å². The van der Waals surface area contributed by atoms with Gasteiger partial charge in [-0.1, -0.05) is 6.42 Å². The monoisotopic (exact) mass is 495 g/mol. The minimum absolute atomic E-state index is 0.0165. The number of anilines is 3. The third-order valence-electron chi connectivity index (χ3n) is 6.62. The number of hydrogen-bond acceptors (Lipinski definition) is 8. The highest BCUT2D eigenvalue weighted by Crippen LogP contribution is 2.35. The van der Waals surface area contributed by atoms with Crippen LogP contribution in [0.15, 0.2) is 10.6 Å². The Morgan fingerprint density at radius 1 is 1.17 bits per heavy atom. The van der Waals surface area contributed by atoms with Gasteiger partial charge in [-0.3, -0.25) is 10.1 Å². The third-order valence-corrected chi connectivity index (χ3v) is 6.62. The number of hydrogen-bond donors (Lipinski definition) is 3. The molecule has 2 aromatic heterocycles. The van der Waals surface area contributed by atoms with Gasteiger partial charge in [-0.2, -0.15) is 18.2 Å². The molecule has 0 atom stereocenters. The predicted octanol–water partition coefficient (Wildman–Crippen LogP) is 4.06. The highest BCUT2D eigenvalue weighted by Gasteiger charge is 2.35. The van der Waals surface area contributed by atoms with Crippen molar-refractivity contribution < 1.29 is 22.4 Å². The summed E-state index contributed by atoms with van der Waals surface area (Å²) in [6, 6.07) is 0. The fourth-order valence-electron chi connectivity index (χ4n) is 4.17. The van der Waals surface area contributed by atoms with E-state index in [1.54, 1.807) is 6.92 Å². The fourth-order valence-corrected chi connectivity index (χ4v) is 4.17. The predicted molar refractivity (Wildman–Crippen MR) is 124 cm³/mol. The van der Waals surface area contributed by atoms with Crippen molar-refractivity contribution in [3.8, 4) is 0 Å². The van der Waals surface area contributed by atoms with Crippen LogP contribution in [0.25, 0.3) is 0 Å². The van der Waals surface area contributed by atoms with Gasteiger partial charge < -0.3 is 20.0 Å². The van der Waals surface area contributed by atoms with Gasteiger partial charge in [-0.15, -0.1) is 0 Å². The van der Waals surface area contributed by atoms with E-state index in [9.17, 15) is 18.0 Å². The summed E-state index contributed by atoms with van der Waals surface area (Å²) in [7, 11) is 2.07. The van der Waals surface area contributed by atoms with Crippen LogP contribution < -0.4 is 16.0 Å². The zero-order chi connectivity index (χ0) is 25.0. The maximum absolute atomic E-state index is 13.5. The summed E-state index contributed by atoms with van der Waals surface area (Å²) in [5, 5.41) is 8.44. The van der Waals surface area contributed by atoms with Crippen molar-refractivity contribution in [2.75, 3.05) is 43.9 Å². The van der Waals surface area contributed by atoms with Crippen molar-refractivity contribution in [1.29, 1.82) is 0 Å². The number of nitrogens with zero attached hydrogens (tertiary/aromatic N) is 4. The molecule has 2 aliphatic rings. The summed E-state index contributed by atoms with van der Waals surface area (Å²) >= 11 is 0. The van der Waals surface area contributed by atoms with E-state index in [2.05, 4.69) is 42.8 Å². The zero-order valence-corrected chi connectivity index (χ0v) is 20.0. The molecule has 0 aromatic carbocycles. The molecule has 1 saturated carbocycles. The molecule has 4 rings (SSSR count). The summed E-state index contributed by atoms with van der Waals surface area (Å²) < 4.78 is 46.4. The summed E-state index contributed by atoms with van der Waals surface area (Å²) in [5.74, 6) is 0.894. The first-order chi connectivity index (χ1) is 16.7. The van der Waals surface area contributed by atoms with E-state index >= 15 is 0 Å². The molecule has 9 nitrogen and oxygen atoms in total. The zero-order valence-electron chi connectivity index (χ0n) is 20.0. The van der Waals surface area contributed by atoms with Crippen LogP contribution in [0.4, 0.5) is 30.8 Å². The Bertz CT molecular complexity index is 1020. The van der Waals surface area contributed by atoms with Crippen LogP contribution in [-0.2, 0) is 11.0 Å². The first kappa shape index (κ1) is 25.2. The van der Waals surface area contributed by atoms with Crippen LogP contribution in [0.1, 0.15) is 61.6 Å². The molecule has 1 amide bonds. The number of carbonyl (C=O) groups is 1. The highest BCUT2D eigenvalue weighted by molar-refractivity contribution is 5.79. The van der Waals surface area contributed by atoms with Crippen molar-refractivity contribution >= 4 is 23.6 Å². The number of likely N-dealkylation sites (tertiary alicyclic amines) is 1. The summed E-state index contributed by atoms with van der Waals surface area (Å²) in [6.07, 6.45) is 1.34. The minimum atomic E-state index is -4.61. The van der Waals surface area contributed by atoms with Crippen LogP contribution in [0.3, 0.4) is 0 Å². The number of halogens is 3. The van der Waals surface area contributed by atoms with E-state index in [0.717, 1.165) is 51.4 Å². The van der Waals surface area contributed by atoms with Gasteiger partial charge in [0.25, 0.3) is 0 Å². The second-order valence-electron chi connectivity index (χ2n) is 9.32. The molecule has 12 heteroatoms. The van der Waals surface area contributed by atoms with Crippen LogP contribution in [0.2, 0.25) is 0 Å². The van der Waals surface area contributed by atoms with E-state index in [4.69, 9.17) is 4.42 Å². The first-order valence-corrected chi connectivity index (χ1v) is 12.1. The Morgan fingerprint density at radius 3 is 2.57 bits per heavy atom. The van der Waals surface area contributed by atoms with E-state index in [-0.39, 0.29) is 36.1 Å². The average Bonchev–Trinajstić information content (AvgIpc) is 3.12. The quantitative estimate of drug-likeness (QED) is 0.447. The van der Waals surface area contributed by atoms with E-state index < -0.39 is 11.7 Å². The van der Waals surface area contributed by atoms with Gasteiger partial charge in [0.1, 0.15) is 17.1 Å². The smallest absolute Gasteiger partial charge is 0.421 e. The molecule has 35 heavy (non-hydrogen) atoms. The lowest BCUT2D eigenvalue weighted by molar-refractivity contribution is -0.137. The lowest BCUT2D eigenvalue weighted by Crippen LogP contribution is -2.35. The van der Waals surface area contributed by atoms with Gasteiger partial charge in [-0.05, 0) is 59.2 Å². The first-order valence-electron chi connectivity index (χ1n) is 12.1. The van der Waals surface area contributed by atoms with Crippen LogP contribution in [-0.4, -0.2) is 59.0 Å². The Hall–Kier alpha value is -2.89. The molecular weight excluding hydrogens is 463 g/mol. The minimum Gasteiger partial charge on any atom is -0.424 e. The largest absolute Gasteiger partial charge is 0.424 e. The third kappa shape index (κ3) is 6.41. The summed E-state index contributed by atoms with van der Waals surface area (Å²) in [4.78, 5) is 26.5. The van der Waals surface area contributed by atoms with Crippen molar-refractivity contribution in [3.63, 3.8) is 0 Å². The van der Waals surface area contributed by atoms with Crippen LogP contribution in [0.5, 0.6) is 0 Å². The fraction of sp³-hybridized carbons (Fsp3) is 0.652. The Kier molecular flexibility index (Phi) is 7.78. The van der Waals surface area contributed by atoms with Crippen molar-refractivity contribution in [2.24, 2.45) is 5.92 Å². The molecular formula is C23H32F3N7O2. The van der Waals surface area contributed by atoms with Gasteiger partial charge in [-0.25, -0.2) is 9.97 Å². The number of rotatable bonds is 9. The molecule has 1 saturated heterocycles. The molecule has 2 aromatic rings. The topological polar surface area (TPSA) is 108 Å². The van der Waals surface area contributed by atoms with E-state index in [1.165, 1.54) is 0 Å². The number of aromatic nitrogens is 3. The lowest BCUT2D eigenvalue weighted by atomic mass is 9.85. The number of oxazole rings is 1. The average molecular weight is 496 g/mol. The van der Waals surface area contributed by atoms with Gasteiger partial charge in [0.15, 0.2) is 5.89 Å². The maximum Gasteiger partial charge on any atom is 0.421 e. The second kappa shape index (κ2) is 10.8. The van der Waals surface area contributed by atoms with Crippen molar-refractivity contribution in [2.45, 2.75) is 57.5 Å². The number of carbonyl (C=O) groups excluding carboxylic acids is 1. The Morgan fingerprint density at radius 2 is 1.91 bits per heavy atom. The lowest BCUT2D eigenvalue weighted by Gasteiger charge is -2.26. The van der Waals surface area contributed by atoms with Crippen LogP contribution >= 0.6 is 0 Å². The van der Waals surface area contributed by atoms with Crippen molar-refractivity contribution in [3.05, 3.63) is 23.3 Å². The SMILES string of the molecule is Cc1nc(C2CCN(C)CC2)oc1Nc1ncc(C(F)(F)F)c(NCCCNC(=O)C2CCC2)n1. The van der Waals surface area contributed by atoms with Gasteiger partial charge >= 0.3 is 6.18 Å². The van der Waals surface area contributed by atoms with E-state index in [1.807, 2.05) is 0 Å². The number of piperidine rings is 1. The molecule has 0 spiro atoms. The van der Waals surface area contributed by atoms with Gasteiger partial charge in [0, 0.05) is 31.1 Å². The van der Waals surface area contributed by atoms with Crippen molar-refractivity contribution in [1.82, 2.24) is 25.2 Å². The maximum atomic E-state index is 13.5. The molecule has 0 bridgehead atoms. The Balaban J connectivity index is 1.38. The summed E-state index contributed by atoms with van der Waals surface area (Å²) in [6.45, 7) is 4.28. The molecule has 0 unspecified atom stereocenters. The molecule has 2 fully saturated rings. The molecule has 0 radical (unpaired) electrons.